The maximum Gasteiger partial charge on any atom is 0.225 e. The molecule has 1 aromatic carbocycles. The predicted octanol–water partition coefficient (Wildman–Crippen LogP) is 1.19. The fourth-order valence-electron chi connectivity index (χ4n) is 1.93. The first-order valence-electron chi connectivity index (χ1n) is 6.09. The van der Waals surface area contributed by atoms with Crippen molar-refractivity contribution in [3.05, 3.63) is 18.2 Å². The van der Waals surface area contributed by atoms with Crippen molar-refractivity contribution in [1.82, 2.24) is 0 Å². The Morgan fingerprint density at radius 2 is 2.39 bits per heavy atom. The van der Waals surface area contributed by atoms with Gasteiger partial charge in [-0.25, -0.2) is 0 Å². The summed E-state index contributed by atoms with van der Waals surface area (Å²) < 4.78 is 5.54. The molecule has 1 atom stereocenters. The van der Waals surface area contributed by atoms with E-state index in [4.69, 9.17) is 10.5 Å². The van der Waals surface area contributed by atoms with E-state index in [2.05, 4.69) is 10.2 Å². The molecule has 5 nitrogen and oxygen atoms in total. The highest BCUT2D eigenvalue weighted by molar-refractivity contribution is 5.92. The maximum absolute atomic E-state index is 11.6. The molecule has 0 saturated heterocycles. The number of likely N-dealkylation sites (N-methyl/N-ethyl adjacent to an activating group) is 1. The lowest BCUT2D eigenvalue weighted by Gasteiger charge is -2.28. The van der Waals surface area contributed by atoms with Crippen LogP contribution in [0.5, 0.6) is 5.75 Å². The molecule has 18 heavy (non-hydrogen) atoms. The number of nitrogens with one attached hydrogen (secondary N) is 1. The van der Waals surface area contributed by atoms with Crippen molar-refractivity contribution in [2.45, 2.75) is 19.4 Å². The molecule has 1 heterocycles. The molecule has 1 aliphatic heterocycles. The van der Waals surface area contributed by atoms with Crippen molar-refractivity contribution in [1.29, 1.82) is 0 Å². The third-order valence-corrected chi connectivity index (χ3v) is 2.85. The molecule has 3 N–H and O–H groups in total. The van der Waals surface area contributed by atoms with E-state index in [0.717, 1.165) is 23.7 Å². The van der Waals surface area contributed by atoms with Gasteiger partial charge in [0.2, 0.25) is 5.91 Å². The lowest BCUT2D eigenvalue weighted by atomic mass is 10.2. The number of amides is 1. The Balaban J connectivity index is 2.11. The molecule has 5 heteroatoms. The van der Waals surface area contributed by atoms with Crippen molar-refractivity contribution < 1.29 is 9.53 Å². The summed E-state index contributed by atoms with van der Waals surface area (Å²) in [6.07, 6.45) is 0.323. The number of benzene rings is 1. The van der Waals surface area contributed by atoms with Crippen molar-refractivity contribution in [3.8, 4) is 5.75 Å². The van der Waals surface area contributed by atoms with Crippen LogP contribution in [0, 0.1) is 0 Å². The zero-order valence-electron chi connectivity index (χ0n) is 10.8. The van der Waals surface area contributed by atoms with Crippen LogP contribution in [-0.4, -0.2) is 32.1 Å². The standard InChI is InChI=1S/C13H19N3O2/c1-9(14)7-13(17)15-10-3-4-12-11(8-10)16(2)5-6-18-12/h3-4,8-9H,5-7,14H2,1-2H3,(H,15,17). The second kappa shape index (κ2) is 5.27. The Hall–Kier alpha value is -1.75. The minimum Gasteiger partial charge on any atom is -0.490 e. The first-order chi connectivity index (χ1) is 8.56. The van der Waals surface area contributed by atoms with Crippen LogP contribution in [0.15, 0.2) is 18.2 Å². The van der Waals surface area contributed by atoms with E-state index in [9.17, 15) is 4.79 Å². The van der Waals surface area contributed by atoms with Crippen LogP contribution in [0.4, 0.5) is 11.4 Å². The number of anilines is 2. The predicted molar refractivity (Wildman–Crippen MR) is 72.1 cm³/mol. The molecule has 0 fully saturated rings. The summed E-state index contributed by atoms with van der Waals surface area (Å²) in [5, 5.41) is 2.84. The summed E-state index contributed by atoms with van der Waals surface area (Å²) in [4.78, 5) is 13.7. The van der Waals surface area contributed by atoms with E-state index in [1.54, 1.807) is 0 Å². The Morgan fingerprint density at radius 1 is 1.61 bits per heavy atom. The highest BCUT2D eigenvalue weighted by Crippen LogP contribution is 2.33. The topological polar surface area (TPSA) is 67.6 Å². The molecule has 1 unspecified atom stereocenters. The Bertz CT molecular complexity index is 446. The highest BCUT2D eigenvalue weighted by atomic mass is 16.5. The van der Waals surface area contributed by atoms with Gasteiger partial charge in [-0.3, -0.25) is 4.79 Å². The third-order valence-electron chi connectivity index (χ3n) is 2.85. The van der Waals surface area contributed by atoms with E-state index < -0.39 is 0 Å². The van der Waals surface area contributed by atoms with E-state index >= 15 is 0 Å². The van der Waals surface area contributed by atoms with E-state index in [-0.39, 0.29) is 11.9 Å². The van der Waals surface area contributed by atoms with Crippen molar-refractivity contribution in [2.24, 2.45) is 5.73 Å². The van der Waals surface area contributed by atoms with Crippen molar-refractivity contribution >= 4 is 17.3 Å². The van der Waals surface area contributed by atoms with Gasteiger partial charge in [0.1, 0.15) is 12.4 Å². The molecule has 1 aromatic rings. The van der Waals surface area contributed by atoms with Crippen LogP contribution in [0.25, 0.3) is 0 Å². The minimum atomic E-state index is -0.131. The van der Waals surface area contributed by atoms with Crippen LogP contribution >= 0.6 is 0 Å². The number of nitrogens with zero attached hydrogens (tertiary/aromatic N) is 1. The van der Waals surface area contributed by atoms with Gasteiger partial charge in [0.15, 0.2) is 0 Å². The summed E-state index contributed by atoms with van der Waals surface area (Å²) in [7, 11) is 2.01. The number of ether oxygens (including phenoxy) is 1. The summed E-state index contributed by atoms with van der Waals surface area (Å²) >= 11 is 0. The van der Waals surface area contributed by atoms with Gasteiger partial charge >= 0.3 is 0 Å². The van der Waals surface area contributed by atoms with Gasteiger partial charge in [0, 0.05) is 25.2 Å². The van der Waals surface area contributed by atoms with Gasteiger partial charge < -0.3 is 20.7 Å². The molecule has 0 aromatic heterocycles. The Kier molecular flexibility index (Phi) is 3.72. The number of rotatable bonds is 3. The largest absolute Gasteiger partial charge is 0.490 e. The first-order valence-corrected chi connectivity index (χ1v) is 6.09. The van der Waals surface area contributed by atoms with Crippen LogP contribution in [-0.2, 0) is 4.79 Å². The molecule has 0 bridgehead atoms. The molecule has 1 aliphatic rings. The second-order valence-electron chi connectivity index (χ2n) is 4.68. The highest BCUT2D eigenvalue weighted by Gasteiger charge is 2.15. The SMILES string of the molecule is CC(N)CC(=O)Nc1ccc2c(c1)N(C)CCO2. The Labute approximate surface area is 107 Å². The van der Waals surface area contributed by atoms with Gasteiger partial charge in [0.05, 0.1) is 12.2 Å². The average molecular weight is 249 g/mol. The van der Waals surface area contributed by atoms with E-state index in [1.165, 1.54) is 0 Å². The molecule has 1 amide bonds. The zero-order chi connectivity index (χ0) is 13.1. The molecule has 0 spiro atoms. The van der Waals surface area contributed by atoms with Gasteiger partial charge in [-0.1, -0.05) is 0 Å². The monoisotopic (exact) mass is 249 g/mol. The van der Waals surface area contributed by atoms with Crippen LogP contribution in [0.2, 0.25) is 0 Å². The number of hydrogen-bond donors (Lipinski definition) is 2. The summed E-state index contributed by atoms with van der Waals surface area (Å²) in [6, 6.07) is 5.52. The van der Waals surface area contributed by atoms with Gasteiger partial charge in [-0.15, -0.1) is 0 Å². The summed E-state index contributed by atoms with van der Waals surface area (Å²) in [5.41, 5.74) is 7.37. The smallest absolute Gasteiger partial charge is 0.225 e. The van der Waals surface area contributed by atoms with E-state index in [1.807, 2.05) is 32.2 Å². The molecule has 0 saturated carbocycles. The summed E-state index contributed by atoms with van der Waals surface area (Å²) in [6.45, 7) is 3.36. The fourth-order valence-corrected chi connectivity index (χ4v) is 1.93. The second-order valence-corrected chi connectivity index (χ2v) is 4.68. The number of hydrogen-bond acceptors (Lipinski definition) is 4. The molecular weight excluding hydrogens is 230 g/mol. The average Bonchev–Trinajstić information content (AvgIpc) is 2.29. The van der Waals surface area contributed by atoms with Crippen molar-refractivity contribution in [2.75, 3.05) is 30.4 Å². The maximum atomic E-state index is 11.6. The van der Waals surface area contributed by atoms with Crippen LogP contribution in [0.3, 0.4) is 0 Å². The number of carbonyl (C=O) groups is 1. The van der Waals surface area contributed by atoms with Gasteiger partial charge in [0.25, 0.3) is 0 Å². The van der Waals surface area contributed by atoms with Gasteiger partial charge in [-0.2, -0.15) is 0 Å². The molecule has 2 rings (SSSR count). The quantitative estimate of drug-likeness (QED) is 0.844. The lowest BCUT2D eigenvalue weighted by molar-refractivity contribution is -0.116. The summed E-state index contributed by atoms with van der Waals surface area (Å²) in [5.74, 6) is 0.790. The number of fused-ring (bicyclic) bond motifs is 1. The number of nitrogens with two attached hydrogens (primary N) is 1. The minimum absolute atomic E-state index is 0.0654. The molecule has 0 radical (unpaired) electrons. The van der Waals surface area contributed by atoms with Crippen molar-refractivity contribution in [3.63, 3.8) is 0 Å². The first kappa shape index (κ1) is 12.7. The normalized spacial score (nSPS) is 15.6. The molecule has 0 aliphatic carbocycles. The van der Waals surface area contributed by atoms with E-state index in [0.29, 0.717) is 13.0 Å². The Morgan fingerprint density at radius 3 is 3.11 bits per heavy atom. The fraction of sp³-hybridized carbons (Fsp3) is 0.462. The third kappa shape index (κ3) is 2.92. The molecule has 98 valence electrons. The zero-order valence-corrected chi connectivity index (χ0v) is 10.8. The van der Waals surface area contributed by atoms with Gasteiger partial charge in [-0.05, 0) is 25.1 Å². The lowest BCUT2D eigenvalue weighted by Crippen LogP contribution is -2.29. The van der Waals surface area contributed by atoms with Crippen LogP contribution in [0.1, 0.15) is 13.3 Å². The van der Waals surface area contributed by atoms with Crippen LogP contribution < -0.4 is 20.7 Å². The number of carbonyl (C=O) groups excluding carboxylic acids is 1. The molecular formula is C13H19N3O2.